The minimum absolute atomic E-state index is 0.0191. The Hall–Kier alpha value is -3.80. The van der Waals surface area contributed by atoms with Crippen LogP contribution in [-0.4, -0.2) is 25.0 Å². The van der Waals surface area contributed by atoms with Gasteiger partial charge in [0.2, 0.25) is 5.91 Å². The van der Waals surface area contributed by atoms with E-state index in [2.05, 4.69) is 5.32 Å². The van der Waals surface area contributed by atoms with Crippen LogP contribution in [-0.2, 0) is 9.59 Å². The first-order valence-electron chi connectivity index (χ1n) is 9.26. The molecule has 146 valence electrons. The summed E-state index contributed by atoms with van der Waals surface area (Å²) in [5.74, 6) is 1.05. The van der Waals surface area contributed by atoms with E-state index in [9.17, 15) is 9.59 Å². The Morgan fingerprint density at radius 2 is 1.83 bits per heavy atom. The Balaban J connectivity index is 1.50. The summed E-state index contributed by atoms with van der Waals surface area (Å²) in [5, 5.41) is 2.88. The molecule has 1 N–H and O–H groups in total. The second-order valence-electron chi connectivity index (χ2n) is 6.76. The van der Waals surface area contributed by atoms with E-state index in [1.165, 1.54) is 0 Å². The maximum atomic E-state index is 12.7. The number of aryl methyl sites for hydroxylation is 1. The molecule has 0 saturated heterocycles. The normalized spacial score (nSPS) is 12.7. The third kappa shape index (κ3) is 4.38. The number of carbonyl (C=O) groups is 2. The van der Waals surface area contributed by atoms with Crippen LogP contribution in [0.5, 0.6) is 17.2 Å². The number of rotatable bonds is 5. The van der Waals surface area contributed by atoms with E-state index < -0.39 is 0 Å². The van der Waals surface area contributed by atoms with Gasteiger partial charge in [0.05, 0.1) is 17.9 Å². The Kier molecular flexibility index (Phi) is 5.16. The average Bonchev–Trinajstić information content (AvgIpc) is 2.71. The minimum Gasteiger partial charge on any atom is -0.455 e. The lowest BCUT2D eigenvalue weighted by Crippen LogP contribution is -2.41. The van der Waals surface area contributed by atoms with Crippen LogP contribution in [0.4, 0.5) is 11.4 Å². The second kappa shape index (κ2) is 8.06. The topological polar surface area (TPSA) is 67.9 Å². The largest absolute Gasteiger partial charge is 0.455 e. The van der Waals surface area contributed by atoms with Crippen LogP contribution in [0.15, 0.2) is 72.8 Å². The van der Waals surface area contributed by atoms with Gasteiger partial charge in [0.25, 0.3) is 0 Å². The summed E-state index contributed by atoms with van der Waals surface area (Å²) in [6.07, 6.45) is 0. The van der Waals surface area contributed by atoms with Gasteiger partial charge in [-0.1, -0.05) is 36.4 Å². The first kappa shape index (κ1) is 18.6. The van der Waals surface area contributed by atoms with E-state index in [0.717, 1.165) is 11.3 Å². The summed E-state index contributed by atoms with van der Waals surface area (Å²) in [4.78, 5) is 26.3. The quantitative estimate of drug-likeness (QED) is 0.525. The fraction of sp³-hybridized carbons (Fsp3) is 0.130. The van der Waals surface area contributed by atoms with Crippen molar-refractivity contribution in [1.29, 1.82) is 0 Å². The van der Waals surface area contributed by atoms with Gasteiger partial charge in [-0.3, -0.25) is 4.79 Å². The molecule has 1 aliphatic heterocycles. The number of hydrogen-bond acceptors (Lipinski definition) is 5. The summed E-state index contributed by atoms with van der Waals surface area (Å²) < 4.78 is 11.2. The number of carbonyl (C=O) groups excluding carboxylic acids is 2. The van der Waals surface area contributed by atoms with Crippen LogP contribution in [0, 0.1) is 6.92 Å². The predicted octanol–water partition coefficient (Wildman–Crippen LogP) is 4.15. The number of hydrogen-bond donors (Lipinski definition) is 1. The van der Waals surface area contributed by atoms with Crippen molar-refractivity contribution >= 4 is 23.3 Å². The Bertz CT molecular complexity index is 1050. The smallest absolute Gasteiger partial charge is 0.331 e. The molecule has 6 heteroatoms. The molecule has 0 aromatic heterocycles. The van der Waals surface area contributed by atoms with E-state index in [-0.39, 0.29) is 25.0 Å². The molecule has 0 fully saturated rings. The molecular weight excluding hydrogens is 368 g/mol. The van der Waals surface area contributed by atoms with Crippen molar-refractivity contribution < 1.29 is 19.1 Å². The molecule has 0 spiro atoms. The summed E-state index contributed by atoms with van der Waals surface area (Å²) in [6.45, 7) is 1.99. The molecule has 0 unspecified atom stereocenters. The molecule has 0 bridgehead atoms. The Morgan fingerprint density at radius 1 is 1.07 bits per heavy atom. The Morgan fingerprint density at radius 3 is 2.66 bits per heavy atom. The molecule has 29 heavy (non-hydrogen) atoms. The monoisotopic (exact) mass is 388 g/mol. The van der Waals surface area contributed by atoms with Crippen molar-refractivity contribution in [2.45, 2.75) is 6.92 Å². The molecule has 0 aliphatic carbocycles. The van der Waals surface area contributed by atoms with Crippen molar-refractivity contribution in [1.82, 2.24) is 0 Å². The second-order valence-corrected chi connectivity index (χ2v) is 6.76. The zero-order valence-corrected chi connectivity index (χ0v) is 15.9. The van der Waals surface area contributed by atoms with Crippen molar-refractivity contribution in [3.63, 3.8) is 0 Å². The highest BCUT2D eigenvalue weighted by molar-refractivity contribution is 5.97. The summed E-state index contributed by atoms with van der Waals surface area (Å²) in [7, 11) is 0. The number of amides is 1. The maximum Gasteiger partial charge on any atom is 0.331 e. The van der Waals surface area contributed by atoms with Gasteiger partial charge in [0.15, 0.2) is 11.5 Å². The SMILES string of the molecule is Cc1ccc2c(c1)N(CC(=O)Nc1ccccc1Oc1ccccc1)CC(=O)O2. The van der Waals surface area contributed by atoms with Crippen LogP contribution in [0.2, 0.25) is 0 Å². The molecule has 1 amide bonds. The number of nitrogens with one attached hydrogen (secondary N) is 1. The van der Waals surface area contributed by atoms with Gasteiger partial charge >= 0.3 is 5.97 Å². The molecule has 3 aromatic rings. The summed E-state index contributed by atoms with van der Waals surface area (Å²) in [5.41, 5.74) is 2.31. The van der Waals surface area contributed by atoms with Crippen LogP contribution in [0.1, 0.15) is 5.56 Å². The zero-order valence-electron chi connectivity index (χ0n) is 15.9. The van der Waals surface area contributed by atoms with Crippen LogP contribution in [0.25, 0.3) is 0 Å². The van der Waals surface area contributed by atoms with Crippen molar-refractivity contribution in [2.24, 2.45) is 0 Å². The molecule has 4 rings (SSSR count). The van der Waals surface area contributed by atoms with Gasteiger partial charge in [-0.25, -0.2) is 4.79 Å². The van der Waals surface area contributed by atoms with E-state index in [0.29, 0.717) is 22.9 Å². The molecule has 3 aromatic carbocycles. The summed E-state index contributed by atoms with van der Waals surface area (Å²) >= 11 is 0. The average molecular weight is 388 g/mol. The van der Waals surface area contributed by atoms with Gasteiger partial charge in [-0.05, 0) is 48.9 Å². The highest BCUT2D eigenvalue weighted by atomic mass is 16.5. The molecule has 0 radical (unpaired) electrons. The molecule has 1 aliphatic rings. The third-order valence-electron chi connectivity index (χ3n) is 4.47. The van der Waals surface area contributed by atoms with Gasteiger partial charge in [0.1, 0.15) is 12.3 Å². The number of anilines is 2. The van der Waals surface area contributed by atoms with E-state index >= 15 is 0 Å². The lowest BCUT2D eigenvalue weighted by atomic mass is 10.1. The van der Waals surface area contributed by atoms with Crippen LogP contribution >= 0.6 is 0 Å². The number of esters is 1. The van der Waals surface area contributed by atoms with Crippen LogP contribution < -0.4 is 19.7 Å². The highest BCUT2D eigenvalue weighted by Crippen LogP contribution is 2.33. The van der Waals surface area contributed by atoms with Crippen molar-refractivity contribution in [2.75, 3.05) is 23.3 Å². The number of para-hydroxylation sites is 3. The molecular formula is C23H20N2O4. The first-order chi connectivity index (χ1) is 14.1. The lowest BCUT2D eigenvalue weighted by Gasteiger charge is -2.29. The molecule has 1 heterocycles. The van der Waals surface area contributed by atoms with E-state index in [1.54, 1.807) is 23.1 Å². The van der Waals surface area contributed by atoms with Crippen LogP contribution in [0.3, 0.4) is 0 Å². The van der Waals surface area contributed by atoms with Gasteiger partial charge < -0.3 is 19.7 Å². The molecule has 0 saturated carbocycles. The number of ether oxygens (including phenoxy) is 2. The first-order valence-corrected chi connectivity index (χ1v) is 9.26. The number of nitrogens with zero attached hydrogens (tertiary/aromatic N) is 1. The summed E-state index contributed by atoms with van der Waals surface area (Å²) in [6, 6.07) is 22.1. The zero-order chi connectivity index (χ0) is 20.2. The fourth-order valence-corrected chi connectivity index (χ4v) is 3.14. The predicted molar refractivity (Wildman–Crippen MR) is 111 cm³/mol. The van der Waals surface area contributed by atoms with Crippen molar-refractivity contribution in [3.8, 4) is 17.2 Å². The van der Waals surface area contributed by atoms with E-state index in [1.807, 2.05) is 61.5 Å². The highest BCUT2D eigenvalue weighted by Gasteiger charge is 2.26. The van der Waals surface area contributed by atoms with E-state index in [4.69, 9.17) is 9.47 Å². The maximum absolute atomic E-state index is 12.7. The lowest BCUT2D eigenvalue weighted by molar-refractivity contribution is -0.133. The van der Waals surface area contributed by atoms with Gasteiger partial charge in [0, 0.05) is 0 Å². The Labute approximate surface area is 168 Å². The fourth-order valence-electron chi connectivity index (χ4n) is 3.14. The van der Waals surface area contributed by atoms with Gasteiger partial charge in [-0.15, -0.1) is 0 Å². The number of fused-ring (bicyclic) bond motifs is 1. The minimum atomic E-state index is -0.387. The number of benzene rings is 3. The molecule has 6 nitrogen and oxygen atoms in total. The van der Waals surface area contributed by atoms with Gasteiger partial charge in [-0.2, -0.15) is 0 Å². The standard InChI is InChI=1S/C23H20N2O4/c1-16-11-12-21-19(13-16)25(15-23(27)29-21)14-22(26)24-18-9-5-6-10-20(18)28-17-7-3-2-4-8-17/h2-13H,14-15H2,1H3,(H,24,26). The third-order valence-corrected chi connectivity index (χ3v) is 4.47. The molecule has 0 atom stereocenters. The van der Waals surface area contributed by atoms with Crippen molar-refractivity contribution in [3.05, 3.63) is 78.4 Å².